The molecule has 3 heteroatoms. The number of hydrogen-bond donors (Lipinski definition) is 0. The maximum atomic E-state index is 2.73. The fourth-order valence-electron chi connectivity index (χ4n) is 3.95. The van der Waals surface area contributed by atoms with Gasteiger partial charge in [0.15, 0.2) is 0 Å². The van der Waals surface area contributed by atoms with Gasteiger partial charge < -0.3 is 9.80 Å². The van der Waals surface area contributed by atoms with E-state index in [-0.39, 0.29) is 0 Å². The highest BCUT2D eigenvalue weighted by Crippen LogP contribution is 2.26. The molecule has 0 bridgehead atoms. The van der Waals surface area contributed by atoms with Gasteiger partial charge in [-0.3, -0.25) is 4.90 Å². The van der Waals surface area contributed by atoms with E-state index in [2.05, 4.69) is 53.8 Å². The fraction of sp³-hybridized carbons (Fsp3) is 0.684. The van der Waals surface area contributed by atoms with Crippen molar-refractivity contribution in [3.8, 4) is 0 Å². The highest BCUT2D eigenvalue weighted by atomic mass is 15.3. The molecule has 2 aliphatic heterocycles. The summed E-state index contributed by atoms with van der Waals surface area (Å²) in [6, 6.07) is 7.81. The molecular weight excluding hydrogens is 270 g/mol. The van der Waals surface area contributed by atoms with Crippen LogP contribution >= 0.6 is 0 Å². The Morgan fingerprint density at radius 1 is 1.00 bits per heavy atom. The average molecular weight is 301 g/mol. The Bertz CT molecular complexity index is 483. The third kappa shape index (κ3) is 3.47. The molecule has 3 nitrogen and oxygen atoms in total. The maximum absolute atomic E-state index is 2.73. The Hall–Kier alpha value is -1.06. The third-order valence-corrected chi connectivity index (χ3v) is 5.53. The largest absolute Gasteiger partial charge is 0.371 e. The van der Waals surface area contributed by atoms with Gasteiger partial charge in [-0.05, 0) is 50.4 Å². The van der Waals surface area contributed by atoms with E-state index < -0.39 is 0 Å². The summed E-state index contributed by atoms with van der Waals surface area (Å²) < 4.78 is 0. The van der Waals surface area contributed by atoms with Gasteiger partial charge in [-0.1, -0.05) is 19.1 Å². The van der Waals surface area contributed by atoms with Gasteiger partial charge in [0.2, 0.25) is 0 Å². The molecule has 122 valence electrons. The van der Waals surface area contributed by atoms with Gasteiger partial charge >= 0.3 is 0 Å². The summed E-state index contributed by atoms with van der Waals surface area (Å²) >= 11 is 0. The molecule has 3 rings (SSSR count). The first-order chi connectivity index (χ1) is 10.7. The van der Waals surface area contributed by atoms with E-state index in [4.69, 9.17) is 0 Å². The monoisotopic (exact) mass is 301 g/mol. The predicted molar refractivity (Wildman–Crippen MR) is 94.9 cm³/mol. The van der Waals surface area contributed by atoms with Crippen molar-refractivity contribution < 1.29 is 0 Å². The molecular formula is C19H31N3. The van der Waals surface area contributed by atoms with E-state index in [0.717, 1.165) is 12.5 Å². The SMILES string of the molecule is CCc1ccc(N2CCC(N3CCN(C)CC3)CC2)c(C)c1. The molecule has 0 amide bonds. The highest BCUT2D eigenvalue weighted by molar-refractivity contribution is 5.54. The first-order valence-corrected chi connectivity index (χ1v) is 8.94. The third-order valence-electron chi connectivity index (χ3n) is 5.53. The molecule has 1 aromatic carbocycles. The molecule has 2 heterocycles. The minimum absolute atomic E-state index is 0.806. The van der Waals surface area contributed by atoms with Crippen molar-refractivity contribution in [1.82, 2.24) is 9.80 Å². The molecule has 0 aromatic heterocycles. The minimum Gasteiger partial charge on any atom is -0.371 e. The number of aryl methyl sites for hydroxylation is 2. The average Bonchev–Trinajstić information content (AvgIpc) is 2.56. The van der Waals surface area contributed by atoms with Crippen molar-refractivity contribution >= 4 is 5.69 Å². The van der Waals surface area contributed by atoms with Crippen LogP contribution in [0.15, 0.2) is 18.2 Å². The van der Waals surface area contributed by atoms with Gasteiger partial charge in [0.25, 0.3) is 0 Å². The van der Waals surface area contributed by atoms with Crippen molar-refractivity contribution in [2.24, 2.45) is 0 Å². The van der Waals surface area contributed by atoms with Crippen LogP contribution in [0.4, 0.5) is 5.69 Å². The van der Waals surface area contributed by atoms with Crippen LogP contribution in [0.2, 0.25) is 0 Å². The van der Waals surface area contributed by atoms with Crippen molar-refractivity contribution in [2.75, 3.05) is 51.2 Å². The zero-order valence-electron chi connectivity index (χ0n) is 14.5. The number of nitrogens with zero attached hydrogens (tertiary/aromatic N) is 3. The van der Waals surface area contributed by atoms with E-state index in [1.54, 1.807) is 0 Å². The molecule has 0 spiro atoms. The van der Waals surface area contributed by atoms with Gasteiger partial charge in [-0.2, -0.15) is 0 Å². The van der Waals surface area contributed by atoms with Crippen LogP contribution in [0.25, 0.3) is 0 Å². The summed E-state index contributed by atoms with van der Waals surface area (Å²) in [6.45, 7) is 11.9. The lowest BCUT2D eigenvalue weighted by atomic mass is 10.00. The number of benzene rings is 1. The molecule has 0 N–H and O–H groups in total. The highest BCUT2D eigenvalue weighted by Gasteiger charge is 2.27. The second kappa shape index (κ2) is 7.01. The summed E-state index contributed by atoms with van der Waals surface area (Å²) in [5.74, 6) is 0. The lowest BCUT2D eigenvalue weighted by Gasteiger charge is -2.43. The molecule has 2 fully saturated rings. The van der Waals surface area contributed by atoms with E-state index in [1.165, 1.54) is 68.9 Å². The lowest BCUT2D eigenvalue weighted by molar-refractivity contribution is 0.0982. The maximum Gasteiger partial charge on any atom is 0.0396 e. The van der Waals surface area contributed by atoms with Gasteiger partial charge in [0, 0.05) is 51.0 Å². The second-order valence-corrected chi connectivity index (χ2v) is 7.03. The first-order valence-electron chi connectivity index (χ1n) is 8.94. The van der Waals surface area contributed by atoms with Crippen LogP contribution in [-0.2, 0) is 6.42 Å². The number of anilines is 1. The van der Waals surface area contributed by atoms with Crippen LogP contribution in [0.3, 0.4) is 0 Å². The normalized spacial score (nSPS) is 22.2. The van der Waals surface area contributed by atoms with Gasteiger partial charge in [0.05, 0.1) is 0 Å². The van der Waals surface area contributed by atoms with Crippen molar-refractivity contribution in [3.05, 3.63) is 29.3 Å². The molecule has 0 unspecified atom stereocenters. The van der Waals surface area contributed by atoms with Crippen LogP contribution in [0, 0.1) is 6.92 Å². The topological polar surface area (TPSA) is 9.72 Å². The van der Waals surface area contributed by atoms with Crippen LogP contribution in [0.5, 0.6) is 0 Å². The Morgan fingerprint density at radius 3 is 2.27 bits per heavy atom. The van der Waals surface area contributed by atoms with Gasteiger partial charge in [-0.25, -0.2) is 0 Å². The quantitative estimate of drug-likeness (QED) is 0.850. The second-order valence-electron chi connectivity index (χ2n) is 7.03. The molecule has 0 aliphatic carbocycles. The zero-order chi connectivity index (χ0) is 15.5. The minimum atomic E-state index is 0.806. The van der Waals surface area contributed by atoms with E-state index in [1.807, 2.05) is 0 Å². The Morgan fingerprint density at radius 2 is 1.68 bits per heavy atom. The zero-order valence-corrected chi connectivity index (χ0v) is 14.5. The molecule has 2 aliphatic rings. The van der Waals surface area contributed by atoms with Crippen molar-refractivity contribution in [1.29, 1.82) is 0 Å². The molecule has 22 heavy (non-hydrogen) atoms. The van der Waals surface area contributed by atoms with Crippen LogP contribution in [-0.4, -0.2) is 62.2 Å². The van der Waals surface area contributed by atoms with E-state index in [9.17, 15) is 0 Å². The van der Waals surface area contributed by atoms with Crippen LogP contribution in [0.1, 0.15) is 30.9 Å². The lowest BCUT2D eigenvalue weighted by Crippen LogP contribution is -2.52. The Labute approximate surface area is 135 Å². The number of piperazine rings is 1. The van der Waals surface area contributed by atoms with Crippen molar-refractivity contribution in [2.45, 2.75) is 39.2 Å². The fourth-order valence-corrected chi connectivity index (χ4v) is 3.95. The van der Waals surface area contributed by atoms with Gasteiger partial charge in [0.1, 0.15) is 0 Å². The molecule has 0 radical (unpaired) electrons. The summed E-state index contributed by atoms with van der Waals surface area (Å²) in [5, 5.41) is 0. The van der Waals surface area contributed by atoms with E-state index >= 15 is 0 Å². The van der Waals surface area contributed by atoms with Crippen molar-refractivity contribution in [3.63, 3.8) is 0 Å². The molecule has 0 saturated carbocycles. The number of likely N-dealkylation sites (N-methyl/N-ethyl adjacent to an activating group) is 1. The Balaban J connectivity index is 1.57. The standard InChI is InChI=1S/C19H31N3/c1-4-17-5-6-19(16(2)15-17)22-9-7-18(8-10-22)21-13-11-20(3)12-14-21/h5-6,15,18H,4,7-14H2,1-3H3. The number of rotatable bonds is 3. The molecule has 1 aromatic rings. The van der Waals surface area contributed by atoms with E-state index in [0.29, 0.717) is 0 Å². The predicted octanol–water partition coefficient (Wildman–Crippen LogP) is 2.77. The number of piperidine rings is 1. The summed E-state index contributed by atoms with van der Waals surface area (Å²) in [6.07, 6.45) is 3.77. The molecule has 2 saturated heterocycles. The van der Waals surface area contributed by atoms with Gasteiger partial charge in [-0.15, -0.1) is 0 Å². The summed E-state index contributed by atoms with van der Waals surface area (Å²) in [5.41, 5.74) is 4.35. The Kier molecular flexibility index (Phi) is 5.04. The summed E-state index contributed by atoms with van der Waals surface area (Å²) in [7, 11) is 2.24. The smallest absolute Gasteiger partial charge is 0.0396 e. The first kappa shape index (κ1) is 15.8. The molecule has 0 atom stereocenters. The summed E-state index contributed by atoms with van der Waals surface area (Å²) in [4.78, 5) is 7.77. The van der Waals surface area contributed by atoms with Crippen LogP contribution < -0.4 is 4.90 Å². The number of hydrogen-bond acceptors (Lipinski definition) is 3.